The zero-order chi connectivity index (χ0) is 12.5. The van der Waals surface area contributed by atoms with E-state index in [4.69, 9.17) is 10.8 Å². The third-order valence-electron chi connectivity index (χ3n) is 2.31. The number of alkyl halides is 2. The van der Waals surface area contributed by atoms with Gasteiger partial charge < -0.3 is 20.9 Å². The summed E-state index contributed by atoms with van der Waals surface area (Å²) in [5.41, 5.74) is 5.31. The van der Waals surface area contributed by atoms with Gasteiger partial charge in [0.25, 0.3) is 0 Å². The van der Waals surface area contributed by atoms with Gasteiger partial charge in [-0.3, -0.25) is 4.79 Å². The third kappa shape index (κ3) is 2.12. The van der Waals surface area contributed by atoms with Gasteiger partial charge in [0, 0.05) is 6.92 Å². The SMILES string of the molecule is CC(=O)N[C@H]1CO[C@@](F)(C(=O)O)C(F)C1N. The van der Waals surface area contributed by atoms with Crippen LogP contribution in [0.1, 0.15) is 6.92 Å². The van der Waals surface area contributed by atoms with E-state index >= 15 is 0 Å². The molecule has 6 nitrogen and oxygen atoms in total. The van der Waals surface area contributed by atoms with Crippen LogP contribution < -0.4 is 11.1 Å². The first-order chi connectivity index (χ1) is 7.29. The summed E-state index contributed by atoms with van der Waals surface area (Å²) in [6, 6.07) is -2.42. The standard InChI is InChI=1S/C8H12F2N2O4/c1-3(13)12-4-2-16-8(10,7(14)15)6(9)5(4)11/h4-6H,2,11H2,1H3,(H,12,13)(H,14,15)/t4-,5?,6?,8+/m0/s1. The molecule has 0 aromatic heterocycles. The number of carboxylic acid groups (broad SMARTS) is 1. The minimum Gasteiger partial charge on any atom is -0.477 e. The van der Waals surface area contributed by atoms with Crippen molar-refractivity contribution in [3.8, 4) is 0 Å². The molecule has 0 saturated carbocycles. The zero-order valence-corrected chi connectivity index (χ0v) is 8.44. The highest BCUT2D eigenvalue weighted by Gasteiger charge is 2.57. The first kappa shape index (κ1) is 12.8. The van der Waals surface area contributed by atoms with E-state index in [1.54, 1.807) is 0 Å². The monoisotopic (exact) mass is 238 g/mol. The first-order valence-electron chi connectivity index (χ1n) is 4.52. The number of ether oxygens (including phenoxy) is 1. The second kappa shape index (κ2) is 4.30. The molecule has 1 amide bonds. The van der Waals surface area contributed by atoms with Crippen molar-refractivity contribution in [3.63, 3.8) is 0 Å². The van der Waals surface area contributed by atoms with Crippen LogP contribution in [-0.4, -0.2) is 47.7 Å². The first-order valence-corrected chi connectivity index (χ1v) is 4.52. The van der Waals surface area contributed by atoms with E-state index in [2.05, 4.69) is 10.1 Å². The van der Waals surface area contributed by atoms with Gasteiger partial charge in [0.1, 0.15) is 0 Å². The molecule has 1 aliphatic rings. The minimum atomic E-state index is -3.45. The fourth-order valence-electron chi connectivity index (χ4n) is 1.43. The van der Waals surface area contributed by atoms with Crippen LogP contribution in [0.2, 0.25) is 0 Å². The van der Waals surface area contributed by atoms with Crippen molar-refractivity contribution < 1.29 is 28.2 Å². The Hall–Kier alpha value is -1.28. The number of hydrogen-bond acceptors (Lipinski definition) is 4. The molecular weight excluding hydrogens is 226 g/mol. The molecule has 92 valence electrons. The number of hydrogen-bond donors (Lipinski definition) is 3. The lowest BCUT2D eigenvalue weighted by molar-refractivity contribution is -0.234. The number of carbonyl (C=O) groups excluding carboxylic acids is 1. The summed E-state index contributed by atoms with van der Waals surface area (Å²) in [7, 11) is 0. The molecule has 0 bridgehead atoms. The second-order valence-electron chi connectivity index (χ2n) is 3.55. The van der Waals surface area contributed by atoms with E-state index in [1.165, 1.54) is 6.92 Å². The van der Waals surface area contributed by atoms with Crippen molar-refractivity contribution in [2.45, 2.75) is 31.0 Å². The number of halogens is 2. The van der Waals surface area contributed by atoms with Gasteiger partial charge in [0.2, 0.25) is 5.91 Å². The fraction of sp³-hybridized carbons (Fsp3) is 0.750. The van der Waals surface area contributed by atoms with E-state index in [0.717, 1.165) is 0 Å². The van der Waals surface area contributed by atoms with Crippen LogP contribution in [0.3, 0.4) is 0 Å². The Labute approximate surface area is 89.7 Å². The topological polar surface area (TPSA) is 102 Å². The van der Waals surface area contributed by atoms with E-state index in [1.807, 2.05) is 0 Å². The van der Waals surface area contributed by atoms with Gasteiger partial charge in [0.15, 0.2) is 6.17 Å². The highest BCUT2D eigenvalue weighted by Crippen LogP contribution is 2.29. The van der Waals surface area contributed by atoms with Gasteiger partial charge in [-0.25, -0.2) is 9.18 Å². The number of amides is 1. The molecule has 2 unspecified atom stereocenters. The predicted molar refractivity (Wildman–Crippen MR) is 47.9 cm³/mol. The van der Waals surface area contributed by atoms with Crippen molar-refractivity contribution in [3.05, 3.63) is 0 Å². The largest absolute Gasteiger partial charge is 0.477 e. The summed E-state index contributed by atoms with van der Waals surface area (Å²) in [5.74, 6) is -6.01. The Bertz CT molecular complexity index is 314. The van der Waals surface area contributed by atoms with Gasteiger partial charge in [-0.1, -0.05) is 0 Å². The molecule has 16 heavy (non-hydrogen) atoms. The van der Waals surface area contributed by atoms with Crippen molar-refractivity contribution >= 4 is 11.9 Å². The van der Waals surface area contributed by atoms with E-state index in [0.29, 0.717) is 0 Å². The molecule has 0 aromatic carbocycles. The van der Waals surface area contributed by atoms with Crippen LogP contribution >= 0.6 is 0 Å². The summed E-state index contributed by atoms with van der Waals surface area (Å²) in [4.78, 5) is 21.2. The van der Waals surface area contributed by atoms with Crippen LogP contribution in [-0.2, 0) is 14.3 Å². The Kier molecular flexibility index (Phi) is 3.44. The number of nitrogens with one attached hydrogen (secondary N) is 1. The van der Waals surface area contributed by atoms with E-state index in [9.17, 15) is 18.4 Å². The van der Waals surface area contributed by atoms with Gasteiger partial charge in [-0.05, 0) is 0 Å². The molecule has 4 atom stereocenters. The Balaban J connectivity index is 2.79. The Morgan fingerprint density at radius 3 is 2.62 bits per heavy atom. The van der Waals surface area contributed by atoms with Crippen molar-refractivity contribution in [1.82, 2.24) is 5.32 Å². The Morgan fingerprint density at radius 2 is 2.19 bits per heavy atom. The number of carboxylic acids is 1. The summed E-state index contributed by atoms with van der Waals surface area (Å²) in [5, 5.41) is 10.7. The maximum atomic E-state index is 13.5. The van der Waals surface area contributed by atoms with Crippen LogP contribution in [0.15, 0.2) is 0 Å². The second-order valence-corrected chi connectivity index (χ2v) is 3.55. The molecule has 4 N–H and O–H groups in total. The molecule has 0 spiro atoms. The lowest BCUT2D eigenvalue weighted by atomic mass is 9.95. The van der Waals surface area contributed by atoms with Crippen LogP contribution in [0.5, 0.6) is 0 Å². The third-order valence-corrected chi connectivity index (χ3v) is 2.31. The average molecular weight is 238 g/mol. The molecule has 1 aliphatic heterocycles. The number of aliphatic carboxylic acids is 1. The molecule has 1 rings (SSSR count). The van der Waals surface area contributed by atoms with Gasteiger partial charge in [-0.15, -0.1) is 0 Å². The molecule has 1 fully saturated rings. The lowest BCUT2D eigenvalue weighted by Gasteiger charge is -2.38. The predicted octanol–water partition coefficient (Wildman–Crippen LogP) is -1.06. The number of carbonyl (C=O) groups is 2. The number of nitrogens with two attached hydrogens (primary N) is 1. The highest BCUT2D eigenvalue weighted by molar-refractivity contribution is 5.77. The number of rotatable bonds is 2. The van der Waals surface area contributed by atoms with Crippen LogP contribution in [0.25, 0.3) is 0 Å². The maximum absolute atomic E-state index is 13.5. The van der Waals surface area contributed by atoms with Crippen molar-refractivity contribution in [2.75, 3.05) is 6.61 Å². The average Bonchev–Trinajstić information content (AvgIpc) is 2.18. The molecule has 0 aromatic rings. The summed E-state index contributed by atoms with van der Waals surface area (Å²) in [6.45, 7) is 0.679. The van der Waals surface area contributed by atoms with Crippen molar-refractivity contribution in [1.29, 1.82) is 0 Å². The summed E-state index contributed by atoms with van der Waals surface area (Å²) < 4.78 is 31.2. The molecule has 8 heteroatoms. The normalized spacial score (nSPS) is 39.1. The van der Waals surface area contributed by atoms with Crippen molar-refractivity contribution in [2.24, 2.45) is 5.73 Å². The Morgan fingerprint density at radius 1 is 1.62 bits per heavy atom. The summed E-state index contributed by atoms with van der Waals surface area (Å²) in [6.07, 6.45) is -2.55. The molecule has 1 saturated heterocycles. The molecule has 1 heterocycles. The highest BCUT2D eigenvalue weighted by atomic mass is 19.2. The van der Waals surface area contributed by atoms with Crippen LogP contribution in [0.4, 0.5) is 8.78 Å². The minimum absolute atomic E-state index is 0.488. The fourth-order valence-corrected chi connectivity index (χ4v) is 1.43. The van der Waals surface area contributed by atoms with E-state index < -0.39 is 42.6 Å². The molecular formula is C8H12F2N2O4. The molecule has 0 aliphatic carbocycles. The quantitative estimate of drug-likeness (QED) is 0.569. The van der Waals surface area contributed by atoms with E-state index in [-0.39, 0.29) is 0 Å². The van der Waals surface area contributed by atoms with Gasteiger partial charge in [-0.2, -0.15) is 4.39 Å². The lowest BCUT2D eigenvalue weighted by Crippen LogP contribution is -2.67. The maximum Gasteiger partial charge on any atom is 0.372 e. The summed E-state index contributed by atoms with van der Waals surface area (Å²) >= 11 is 0. The zero-order valence-electron chi connectivity index (χ0n) is 8.44. The van der Waals surface area contributed by atoms with Crippen LogP contribution in [0, 0.1) is 0 Å². The molecule has 0 radical (unpaired) electrons. The smallest absolute Gasteiger partial charge is 0.372 e. The van der Waals surface area contributed by atoms with Gasteiger partial charge in [0.05, 0.1) is 18.7 Å². The van der Waals surface area contributed by atoms with Gasteiger partial charge >= 0.3 is 11.8 Å².